The number of benzene rings is 1. The van der Waals surface area contributed by atoms with E-state index in [1.54, 1.807) is 12.1 Å². The van der Waals surface area contributed by atoms with Gasteiger partial charge >= 0.3 is 13.1 Å². The first-order valence-electron chi connectivity index (χ1n) is 13.4. The van der Waals surface area contributed by atoms with E-state index in [2.05, 4.69) is 9.80 Å². The maximum Gasteiger partial charge on any atom is 0.451 e. The first-order chi connectivity index (χ1) is 17.3. The molecule has 2 atom stereocenters. The molecular formula is C26H46BN3O6S. The van der Waals surface area contributed by atoms with Gasteiger partial charge in [0, 0.05) is 39.0 Å². The molecule has 0 radical (unpaired) electrons. The molecule has 1 aromatic carbocycles. The number of ether oxygens (including phenoxy) is 1. The summed E-state index contributed by atoms with van der Waals surface area (Å²) in [6.45, 7) is 11.2. The fourth-order valence-electron chi connectivity index (χ4n) is 4.41. The number of carbonyl (C=O) groups excluding carboxylic acids is 1. The van der Waals surface area contributed by atoms with Crippen molar-refractivity contribution in [1.29, 1.82) is 0 Å². The Morgan fingerprint density at radius 3 is 2.14 bits per heavy atom. The Morgan fingerprint density at radius 2 is 1.59 bits per heavy atom. The van der Waals surface area contributed by atoms with Gasteiger partial charge in [0.15, 0.2) is 9.84 Å². The van der Waals surface area contributed by atoms with Crippen molar-refractivity contribution in [3.63, 3.8) is 0 Å². The first kappa shape index (κ1) is 31.7. The SMILES string of the molecule is CC(C)C(C)OC(=O)C(N)(CCCCB(O)O)CCCN1CCN(Cc2ccc(S(C)(=O)=O)cc2)CC1. The Bertz CT molecular complexity index is 936. The zero-order chi connectivity index (χ0) is 27.6. The van der Waals surface area contributed by atoms with Crippen LogP contribution in [-0.2, 0) is 25.9 Å². The predicted octanol–water partition coefficient (Wildman–Crippen LogP) is 1.92. The topological polar surface area (TPSA) is 133 Å². The molecule has 11 heteroatoms. The van der Waals surface area contributed by atoms with Crippen molar-refractivity contribution in [2.45, 2.75) is 82.3 Å². The minimum atomic E-state index is -3.18. The zero-order valence-corrected chi connectivity index (χ0v) is 23.8. The molecule has 37 heavy (non-hydrogen) atoms. The van der Waals surface area contributed by atoms with Crippen molar-refractivity contribution >= 4 is 22.9 Å². The number of nitrogens with two attached hydrogens (primary N) is 1. The smallest absolute Gasteiger partial charge is 0.451 e. The molecule has 2 rings (SSSR count). The van der Waals surface area contributed by atoms with Crippen molar-refractivity contribution in [2.24, 2.45) is 11.7 Å². The molecule has 1 saturated heterocycles. The van der Waals surface area contributed by atoms with Crippen LogP contribution in [0.2, 0.25) is 6.32 Å². The standard InChI is InChI=1S/C26H46BN3O6S/c1-21(2)22(3)36-25(31)26(28,12-5-6-14-27(32)33)13-7-15-29-16-18-30(19-17-29)20-23-8-10-24(11-9-23)37(4,34)35/h8-11,21-22,32-33H,5-7,12-20,28H2,1-4H3. The molecule has 0 bridgehead atoms. The van der Waals surface area contributed by atoms with E-state index in [0.29, 0.717) is 30.6 Å². The number of hydrogen-bond acceptors (Lipinski definition) is 9. The van der Waals surface area contributed by atoms with Gasteiger partial charge in [0.25, 0.3) is 0 Å². The van der Waals surface area contributed by atoms with Gasteiger partial charge in [-0.25, -0.2) is 8.42 Å². The molecule has 0 aromatic heterocycles. The Labute approximate surface area is 223 Å². The van der Waals surface area contributed by atoms with Crippen LogP contribution in [0.25, 0.3) is 0 Å². The van der Waals surface area contributed by atoms with Crippen LogP contribution < -0.4 is 5.73 Å². The van der Waals surface area contributed by atoms with Crippen molar-refractivity contribution in [2.75, 3.05) is 39.0 Å². The first-order valence-corrected chi connectivity index (χ1v) is 15.3. The predicted molar refractivity (Wildman–Crippen MR) is 147 cm³/mol. The van der Waals surface area contributed by atoms with Crippen molar-refractivity contribution in [3.05, 3.63) is 29.8 Å². The lowest BCUT2D eigenvalue weighted by Gasteiger charge is -2.35. The summed E-state index contributed by atoms with van der Waals surface area (Å²) in [7, 11) is -4.53. The van der Waals surface area contributed by atoms with E-state index in [-0.39, 0.29) is 24.3 Å². The van der Waals surface area contributed by atoms with E-state index >= 15 is 0 Å². The zero-order valence-electron chi connectivity index (χ0n) is 22.9. The van der Waals surface area contributed by atoms with Crippen LogP contribution in [-0.4, -0.2) is 92.0 Å². The van der Waals surface area contributed by atoms with E-state index in [4.69, 9.17) is 20.5 Å². The van der Waals surface area contributed by atoms with E-state index < -0.39 is 22.5 Å². The molecule has 210 valence electrons. The maximum absolute atomic E-state index is 13.0. The molecule has 2 unspecified atom stereocenters. The van der Waals surface area contributed by atoms with Gasteiger partial charge in [-0.1, -0.05) is 38.8 Å². The van der Waals surface area contributed by atoms with Crippen molar-refractivity contribution in [3.8, 4) is 0 Å². The third-order valence-electron chi connectivity index (χ3n) is 7.29. The Balaban J connectivity index is 1.82. The van der Waals surface area contributed by atoms with Crippen LogP contribution in [0.5, 0.6) is 0 Å². The van der Waals surface area contributed by atoms with Gasteiger partial charge in [0.05, 0.1) is 4.90 Å². The number of rotatable bonds is 15. The third-order valence-corrected chi connectivity index (χ3v) is 8.42. The van der Waals surface area contributed by atoms with Crippen LogP contribution in [0, 0.1) is 5.92 Å². The number of nitrogens with zero attached hydrogens (tertiary/aromatic N) is 2. The summed E-state index contributed by atoms with van der Waals surface area (Å²) in [5, 5.41) is 18.2. The molecule has 1 aliphatic rings. The second-order valence-electron chi connectivity index (χ2n) is 10.9. The molecule has 1 aliphatic heterocycles. The number of sulfone groups is 1. The molecule has 0 saturated carbocycles. The van der Waals surface area contributed by atoms with E-state index in [9.17, 15) is 13.2 Å². The van der Waals surface area contributed by atoms with Gasteiger partial charge in [-0.15, -0.1) is 0 Å². The highest BCUT2D eigenvalue weighted by atomic mass is 32.2. The molecule has 0 aliphatic carbocycles. The quantitative estimate of drug-likeness (QED) is 0.174. The molecule has 1 aromatic rings. The summed E-state index contributed by atoms with van der Waals surface area (Å²) in [6.07, 6.45) is 4.22. The summed E-state index contributed by atoms with van der Waals surface area (Å²) < 4.78 is 29.0. The van der Waals surface area contributed by atoms with Gasteiger partial charge in [0.1, 0.15) is 11.6 Å². The number of esters is 1. The highest BCUT2D eigenvalue weighted by Crippen LogP contribution is 2.23. The number of carbonyl (C=O) groups is 1. The van der Waals surface area contributed by atoms with Gasteiger partial charge in [-0.2, -0.15) is 0 Å². The average Bonchev–Trinajstić information content (AvgIpc) is 2.82. The van der Waals surface area contributed by atoms with Crippen LogP contribution in [0.3, 0.4) is 0 Å². The number of unbranched alkanes of at least 4 members (excludes halogenated alkanes) is 1. The number of hydrogen-bond donors (Lipinski definition) is 3. The van der Waals surface area contributed by atoms with Gasteiger partial charge in [-0.05, 0) is 62.7 Å². The third kappa shape index (κ3) is 11.0. The highest BCUT2D eigenvalue weighted by Gasteiger charge is 2.36. The second-order valence-corrected chi connectivity index (χ2v) is 12.9. The van der Waals surface area contributed by atoms with Gasteiger partial charge in [-0.3, -0.25) is 9.69 Å². The van der Waals surface area contributed by atoms with E-state index in [1.165, 1.54) is 6.26 Å². The monoisotopic (exact) mass is 539 g/mol. The largest absolute Gasteiger partial charge is 0.461 e. The van der Waals surface area contributed by atoms with Crippen molar-refractivity contribution in [1.82, 2.24) is 9.80 Å². The average molecular weight is 540 g/mol. The Kier molecular flexibility index (Phi) is 12.5. The fourth-order valence-corrected chi connectivity index (χ4v) is 5.04. The summed E-state index contributed by atoms with van der Waals surface area (Å²) in [4.78, 5) is 18.1. The molecule has 0 amide bonds. The van der Waals surface area contributed by atoms with Gasteiger partial charge in [0.2, 0.25) is 0 Å². The van der Waals surface area contributed by atoms with Crippen LogP contribution in [0.1, 0.15) is 58.4 Å². The Hall–Kier alpha value is -1.50. The minimum Gasteiger partial charge on any atom is -0.461 e. The molecular weight excluding hydrogens is 493 g/mol. The molecule has 1 fully saturated rings. The maximum atomic E-state index is 13.0. The van der Waals surface area contributed by atoms with Crippen LogP contribution in [0.15, 0.2) is 29.2 Å². The van der Waals surface area contributed by atoms with Gasteiger partial charge < -0.3 is 25.4 Å². The molecule has 0 spiro atoms. The van der Waals surface area contributed by atoms with Crippen LogP contribution in [0.4, 0.5) is 0 Å². The fraction of sp³-hybridized carbons (Fsp3) is 0.731. The van der Waals surface area contributed by atoms with Crippen molar-refractivity contribution < 1.29 is 28.0 Å². The number of piperazine rings is 1. The molecule has 9 nitrogen and oxygen atoms in total. The van der Waals surface area contributed by atoms with E-state index in [0.717, 1.165) is 51.3 Å². The lowest BCUT2D eigenvalue weighted by molar-refractivity contribution is -0.157. The highest BCUT2D eigenvalue weighted by molar-refractivity contribution is 7.90. The van der Waals surface area contributed by atoms with E-state index in [1.807, 2.05) is 32.9 Å². The second kappa shape index (κ2) is 14.6. The summed E-state index contributed by atoms with van der Waals surface area (Å²) in [6, 6.07) is 7.09. The lowest BCUT2D eigenvalue weighted by atomic mass is 9.81. The summed E-state index contributed by atoms with van der Waals surface area (Å²) >= 11 is 0. The Morgan fingerprint density at radius 1 is 1.03 bits per heavy atom. The summed E-state index contributed by atoms with van der Waals surface area (Å²) in [5.41, 5.74) is 6.62. The minimum absolute atomic E-state index is 0.201. The normalized spacial score (nSPS) is 17.9. The summed E-state index contributed by atoms with van der Waals surface area (Å²) in [5.74, 6) is -0.170. The van der Waals surface area contributed by atoms with Crippen LogP contribution >= 0.6 is 0 Å². The molecule has 4 N–H and O–H groups in total. The molecule has 1 heterocycles. The lowest BCUT2D eigenvalue weighted by Crippen LogP contribution is -2.51.